The summed E-state index contributed by atoms with van der Waals surface area (Å²) in [5.74, 6) is 0. The summed E-state index contributed by atoms with van der Waals surface area (Å²) in [7, 11) is 0. The molecule has 5 heteroatoms. The van der Waals surface area contributed by atoms with Gasteiger partial charge < -0.3 is 10.0 Å². The van der Waals surface area contributed by atoms with Crippen molar-refractivity contribution >= 4 is 5.69 Å². The smallest absolute Gasteiger partial charge is 0.392 e. The van der Waals surface area contributed by atoms with E-state index < -0.39 is 11.7 Å². The first-order valence-corrected chi connectivity index (χ1v) is 6.55. The van der Waals surface area contributed by atoms with E-state index in [0.29, 0.717) is 12.1 Å². The van der Waals surface area contributed by atoms with Crippen LogP contribution in [0.1, 0.15) is 37.3 Å². The van der Waals surface area contributed by atoms with E-state index in [2.05, 4.69) is 0 Å². The van der Waals surface area contributed by atoms with Gasteiger partial charge >= 0.3 is 6.18 Å². The second kappa shape index (κ2) is 5.41. The zero-order chi connectivity index (χ0) is 14.0. The van der Waals surface area contributed by atoms with Crippen molar-refractivity contribution in [3.63, 3.8) is 0 Å². The summed E-state index contributed by atoms with van der Waals surface area (Å²) in [6, 6.07) is 4.29. The summed E-state index contributed by atoms with van der Waals surface area (Å²) in [5.41, 5.74) is -0.100. The van der Waals surface area contributed by atoms with Crippen molar-refractivity contribution in [2.75, 3.05) is 11.4 Å². The lowest BCUT2D eigenvalue weighted by atomic mass is 10.1. The lowest BCUT2D eigenvalue weighted by Crippen LogP contribution is -2.30. The molecule has 1 aromatic carbocycles. The molecule has 0 bridgehead atoms. The van der Waals surface area contributed by atoms with E-state index in [0.717, 1.165) is 25.3 Å². The number of nitrogens with zero attached hydrogens (tertiary/aromatic N) is 1. The minimum Gasteiger partial charge on any atom is -0.392 e. The molecular weight excluding hydrogens is 255 g/mol. The molecule has 1 aliphatic rings. The zero-order valence-electron chi connectivity index (χ0n) is 10.9. The molecule has 2 nitrogen and oxygen atoms in total. The molecule has 2 rings (SSSR count). The van der Waals surface area contributed by atoms with Gasteiger partial charge in [0.2, 0.25) is 0 Å². The molecule has 1 aromatic rings. The molecule has 1 saturated heterocycles. The van der Waals surface area contributed by atoms with Crippen molar-refractivity contribution in [2.24, 2.45) is 0 Å². The number of rotatable bonds is 3. The Morgan fingerprint density at radius 3 is 2.68 bits per heavy atom. The fourth-order valence-corrected chi connectivity index (χ4v) is 2.74. The maximum absolute atomic E-state index is 13.1. The summed E-state index contributed by atoms with van der Waals surface area (Å²) >= 11 is 0. The largest absolute Gasteiger partial charge is 0.418 e. The molecule has 1 N–H and O–H groups in total. The summed E-state index contributed by atoms with van der Waals surface area (Å²) in [5, 5.41) is 9.00. The van der Waals surface area contributed by atoms with Gasteiger partial charge in [0.25, 0.3) is 0 Å². The Balaban J connectivity index is 2.44. The molecule has 0 spiro atoms. The first kappa shape index (κ1) is 14.2. The summed E-state index contributed by atoms with van der Waals surface area (Å²) in [6.45, 7) is 2.29. The van der Waals surface area contributed by atoms with Crippen molar-refractivity contribution in [1.29, 1.82) is 0 Å². The van der Waals surface area contributed by atoms with Crippen LogP contribution in [-0.4, -0.2) is 17.7 Å². The van der Waals surface area contributed by atoms with Crippen LogP contribution in [0.3, 0.4) is 0 Å². The van der Waals surface area contributed by atoms with E-state index in [9.17, 15) is 13.2 Å². The first-order chi connectivity index (χ1) is 8.97. The fourth-order valence-electron chi connectivity index (χ4n) is 2.74. The molecule has 19 heavy (non-hydrogen) atoms. The average molecular weight is 273 g/mol. The Labute approximate surface area is 110 Å². The number of aliphatic hydroxyl groups excluding tert-OH is 1. The van der Waals surface area contributed by atoms with Crippen molar-refractivity contribution in [3.05, 3.63) is 29.3 Å². The van der Waals surface area contributed by atoms with E-state index in [-0.39, 0.29) is 18.3 Å². The molecule has 1 atom stereocenters. The van der Waals surface area contributed by atoms with Gasteiger partial charge in [-0.05, 0) is 37.0 Å². The molecule has 106 valence electrons. The molecule has 1 fully saturated rings. The molecule has 1 heterocycles. The molecule has 0 radical (unpaired) electrons. The van der Waals surface area contributed by atoms with Gasteiger partial charge in [-0.25, -0.2) is 0 Å². The van der Waals surface area contributed by atoms with E-state index in [1.807, 2.05) is 11.8 Å². The van der Waals surface area contributed by atoms with Crippen LogP contribution >= 0.6 is 0 Å². The normalized spacial score (nSPS) is 20.1. The summed E-state index contributed by atoms with van der Waals surface area (Å²) in [6.07, 6.45) is -1.67. The average Bonchev–Trinajstić information content (AvgIpc) is 2.85. The number of aliphatic hydroxyl groups is 1. The first-order valence-electron chi connectivity index (χ1n) is 6.55. The van der Waals surface area contributed by atoms with Gasteiger partial charge in [0.15, 0.2) is 0 Å². The lowest BCUT2D eigenvalue weighted by Gasteiger charge is -2.29. The Morgan fingerprint density at radius 1 is 1.37 bits per heavy atom. The van der Waals surface area contributed by atoms with Crippen LogP contribution in [0.25, 0.3) is 0 Å². The lowest BCUT2D eigenvalue weighted by molar-refractivity contribution is -0.137. The highest BCUT2D eigenvalue weighted by Crippen LogP contribution is 2.40. The maximum Gasteiger partial charge on any atom is 0.418 e. The van der Waals surface area contributed by atoms with Gasteiger partial charge in [0.1, 0.15) is 0 Å². The van der Waals surface area contributed by atoms with Crippen LogP contribution in [0.2, 0.25) is 0 Å². The predicted molar refractivity (Wildman–Crippen MR) is 68.0 cm³/mol. The molecule has 1 unspecified atom stereocenters. The highest BCUT2D eigenvalue weighted by atomic mass is 19.4. The molecular formula is C14H18F3NO. The fraction of sp³-hybridized carbons (Fsp3) is 0.571. The van der Waals surface area contributed by atoms with Crippen molar-refractivity contribution in [2.45, 2.75) is 45.0 Å². The Morgan fingerprint density at radius 2 is 2.11 bits per heavy atom. The standard InChI is InChI=1S/C14H18F3NO/c1-2-11-4-3-7-18(11)13-6-5-10(9-19)8-12(13)14(15,16)17/h5-6,8,11,19H,2-4,7,9H2,1H3. The summed E-state index contributed by atoms with van der Waals surface area (Å²) < 4.78 is 39.4. The monoisotopic (exact) mass is 273 g/mol. The van der Waals surface area contributed by atoms with Crippen LogP contribution in [0.5, 0.6) is 0 Å². The Kier molecular flexibility index (Phi) is 4.04. The van der Waals surface area contributed by atoms with Crippen LogP contribution < -0.4 is 4.90 Å². The topological polar surface area (TPSA) is 23.5 Å². The predicted octanol–water partition coefficient (Wildman–Crippen LogP) is 3.58. The van der Waals surface area contributed by atoms with Crippen molar-refractivity contribution < 1.29 is 18.3 Å². The van der Waals surface area contributed by atoms with Crippen LogP contribution in [-0.2, 0) is 12.8 Å². The van der Waals surface area contributed by atoms with E-state index in [1.165, 1.54) is 6.07 Å². The number of halogens is 3. The minimum atomic E-state index is -4.39. The molecule has 0 saturated carbocycles. The Hall–Kier alpha value is -1.23. The van der Waals surface area contributed by atoms with Gasteiger partial charge in [0.05, 0.1) is 12.2 Å². The highest BCUT2D eigenvalue weighted by Gasteiger charge is 2.37. The number of hydrogen-bond donors (Lipinski definition) is 1. The zero-order valence-corrected chi connectivity index (χ0v) is 10.9. The molecule has 0 aromatic heterocycles. The van der Waals surface area contributed by atoms with Crippen molar-refractivity contribution in [3.8, 4) is 0 Å². The van der Waals surface area contributed by atoms with E-state index in [1.54, 1.807) is 6.07 Å². The number of alkyl halides is 3. The molecule has 1 aliphatic heterocycles. The van der Waals surface area contributed by atoms with Crippen molar-refractivity contribution in [1.82, 2.24) is 0 Å². The number of hydrogen-bond acceptors (Lipinski definition) is 2. The van der Waals surface area contributed by atoms with Gasteiger partial charge in [-0.1, -0.05) is 13.0 Å². The second-order valence-electron chi connectivity index (χ2n) is 4.91. The number of anilines is 1. The SMILES string of the molecule is CCC1CCCN1c1ccc(CO)cc1C(F)(F)F. The van der Waals surface area contributed by atoms with E-state index >= 15 is 0 Å². The van der Waals surface area contributed by atoms with Gasteiger partial charge in [-0.3, -0.25) is 0 Å². The minimum absolute atomic E-state index is 0.182. The molecule has 0 amide bonds. The molecule has 0 aliphatic carbocycles. The highest BCUT2D eigenvalue weighted by molar-refractivity contribution is 5.57. The maximum atomic E-state index is 13.1. The van der Waals surface area contributed by atoms with Gasteiger partial charge in [-0.15, -0.1) is 0 Å². The summed E-state index contributed by atoms with van der Waals surface area (Å²) in [4.78, 5) is 1.85. The third kappa shape index (κ3) is 2.86. The quantitative estimate of drug-likeness (QED) is 0.910. The third-order valence-electron chi connectivity index (χ3n) is 3.71. The second-order valence-corrected chi connectivity index (χ2v) is 4.91. The van der Waals surface area contributed by atoms with Crippen LogP contribution in [0.15, 0.2) is 18.2 Å². The third-order valence-corrected chi connectivity index (χ3v) is 3.71. The van der Waals surface area contributed by atoms with E-state index in [4.69, 9.17) is 5.11 Å². The van der Waals surface area contributed by atoms with Crippen LogP contribution in [0, 0.1) is 0 Å². The Bertz CT molecular complexity index is 445. The van der Waals surface area contributed by atoms with Gasteiger partial charge in [-0.2, -0.15) is 13.2 Å². The van der Waals surface area contributed by atoms with Crippen LogP contribution in [0.4, 0.5) is 18.9 Å². The number of benzene rings is 1. The van der Waals surface area contributed by atoms with Gasteiger partial charge in [0, 0.05) is 18.3 Å².